The van der Waals surface area contributed by atoms with Gasteiger partial charge in [0.2, 0.25) is 5.43 Å². The van der Waals surface area contributed by atoms with Crippen LogP contribution in [0.1, 0.15) is 21.7 Å². The zero-order valence-electron chi connectivity index (χ0n) is 26.3. The second-order valence-corrected chi connectivity index (χ2v) is 10.7. The minimum atomic E-state index is -0.752. The molecule has 0 aliphatic heterocycles. The average molecular weight is 639 g/mol. The van der Waals surface area contributed by atoms with Crippen molar-refractivity contribution in [3.63, 3.8) is 0 Å². The Hall–Kier alpha value is -5.75. The predicted molar refractivity (Wildman–Crippen MR) is 174 cm³/mol. The van der Waals surface area contributed by atoms with Crippen molar-refractivity contribution in [2.45, 2.75) is 13.8 Å². The fraction of sp³-hybridized carbons (Fsp3) is 0.200. The van der Waals surface area contributed by atoms with Crippen LogP contribution in [0.15, 0.2) is 76.3 Å². The standard InChI is InChI=1S/C35H31FN4O7/c1-19-30(23-18-46-26-9-7-6-8-22(23)26)33(41)31(20(2)40(19)3)34(42)38-21-10-11-27(24(36)16-21)47-28-12-13-37-25-17-29(45-15-14-43-4)35(44-5)39-32(25)28/h6-13,16-18H,14-15H2,1-5H3,(H,38,42). The molecule has 47 heavy (non-hydrogen) atoms. The number of halogens is 1. The number of ether oxygens (including phenoxy) is 4. The fourth-order valence-electron chi connectivity index (χ4n) is 5.35. The van der Waals surface area contributed by atoms with E-state index in [9.17, 15) is 9.59 Å². The molecule has 1 amide bonds. The summed E-state index contributed by atoms with van der Waals surface area (Å²) in [7, 11) is 4.80. The lowest BCUT2D eigenvalue weighted by Gasteiger charge is -2.17. The second-order valence-electron chi connectivity index (χ2n) is 10.7. The lowest BCUT2D eigenvalue weighted by molar-refractivity contribution is 0.102. The number of nitrogens with one attached hydrogen (secondary N) is 1. The molecule has 6 rings (SSSR count). The van der Waals surface area contributed by atoms with Crippen LogP contribution in [0.25, 0.3) is 33.1 Å². The second kappa shape index (κ2) is 12.9. The Morgan fingerprint density at radius 2 is 1.81 bits per heavy atom. The van der Waals surface area contributed by atoms with Gasteiger partial charge in [0, 0.05) is 66.6 Å². The molecule has 2 aromatic carbocycles. The third-order valence-corrected chi connectivity index (χ3v) is 7.92. The normalized spacial score (nSPS) is 11.2. The van der Waals surface area contributed by atoms with Gasteiger partial charge < -0.3 is 33.2 Å². The van der Waals surface area contributed by atoms with Crippen LogP contribution in [0.5, 0.6) is 23.1 Å². The molecule has 0 fully saturated rings. The molecule has 0 aliphatic rings. The van der Waals surface area contributed by atoms with E-state index in [2.05, 4.69) is 15.3 Å². The molecule has 0 unspecified atom stereocenters. The number of nitrogens with zero attached hydrogens (tertiary/aromatic N) is 3. The van der Waals surface area contributed by atoms with Gasteiger partial charge in [0.05, 0.1) is 31.1 Å². The molecule has 0 spiro atoms. The van der Waals surface area contributed by atoms with Crippen molar-refractivity contribution in [1.82, 2.24) is 14.5 Å². The third kappa shape index (κ3) is 5.86. The molecule has 240 valence electrons. The molecule has 6 aromatic rings. The number of anilines is 1. The summed E-state index contributed by atoms with van der Waals surface area (Å²) < 4.78 is 44.8. The fourth-order valence-corrected chi connectivity index (χ4v) is 5.35. The molecule has 0 saturated carbocycles. The van der Waals surface area contributed by atoms with E-state index in [0.717, 1.165) is 11.5 Å². The van der Waals surface area contributed by atoms with Crippen molar-refractivity contribution >= 4 is 33.6 Å². The van der Waals surface area contributed by atoms with E-state index < -0.39 is 17.2 Å². The van der Waals surface area contributed by atoms with Gasteiger partial charge in [-0.1, -0.05) is 18.2 Å². The van der Waals surface area contributed by atoms with E-state index in [4.69, 9.17) is 23.4 Å². The SMILES string of the molecule is COCCOc1cc2nccc(Oc3ccc(NC(=O)c4c(C)n(C)c(C)c(-c5coc6ccccc56)c4=O)cc3F)c2nc1OC. The first-order valence-electron chi connectivity index (χ1n) is 14.6. The monoisotopic (exact) mass is 638 g/mol. The number of aromatic nitrogens is 3. The van der Waals surface area contributed by atoms with E-state index in [1.807, 2.05) is 31.2 Å². The summed E-state index contributed by atoms with van der Waals surface area (Å²) >= 11 is 0. The Labute approximate surface area is 268 Å². The van der Waals surface area contributed by atoms with Gasteiger partial charge >= 0.3 is 0 Å². The summed E-state index contributed by atoms with van der Waals surface area (Å²) in [5.41, 5.74) is 3.09. The number of furan rings is 1. The van der Waals surface area contributed by atoms with E-state index in [-0.39, 0.29) is 35.2 Å². The molecule has 11 nitrogen and oxygen atoms in total. The number of fused-ring (bicyclic) bond motifs is 2. The summed E-state index contributed by atoms with van der Waals surface area (Å²) in [6.07, 6.45) is 3.02. The van der Waals surface area contributed by atoms with Crippen molar-refractivity contribution in [2.75, 3.05) is 32.8 Å². The molecule has 4 aromatic heterocycles. The summed E-state index contributed by atoms with van der Waals surface area (Å²) in [5, 5.41) is 3.42. The van der Waals surface area contributed by atoms with Crippen LogP contribution in [0.4, 0.5) is 10.1 Å². The van der Waals surface area contributed by atoms with Gasteiger partial charge in [-0.15, -0.1) is 0 Å². The van der Waals surface area contributed by atoms with E-state index >= 15 is 4.39 Å². The van der Waals surface area contributed by atoms with Crippen molar-refractivity contribution in [3.05, 3.63) is 100 Å². The quantitative estimate of drug-likeness (QED) is 0.166. The zero-order valence-corrected chi connectivity index (χ0v) is 26.3. The highest BCUT2D eigenvalue weighted by atomic mass is 19.1. The number of hydrogen-bond acceptors (Lipinski definition) is 9. The topological polar surface area (TPSA) is 127 Å². The molecule has 0 saturated heterocycles. The van der Waals surface area contributed by atoms with Crippen LogP contribution in [0, 0.1) is 19.7 Å². The summed E-state index contributed by atoms with van der Waals surface area (Å²) in [4.78, 5) is 36.2. The van der Waals surface area contributed by atoms with Crippen molar-refractivity contribution < 1.29 is 32.5 Å². The van der Waals surface area contributed by atoms with Crippen molar-refractivity contribution in [2.24, 2.45) is 7.05 Å². The first kappa shape index (κ1) is 31.2. The lowest BCUT2D eigenvalue weighted by Crippen LogP contribution is -2.28. The first-order valence-corrected chi connectivity index (χ1v) is 14.6. The molecule has 4 heterocycles. The van der Waals surface area contributed by atoms with Gasteiger partial charge in [-0.25, -0.2) is 9.37 Å². The lowest BCUT2D eigenvalue weighted by atomic mass is 9.98. The highest BCUT2D eigenvalue weighted by Crippen LogP contribution is 2.36. The summed E-state index contributed by atoms with van der Waals surface area (Å²) in [6, 6.07) is 14.5. The van der Waals surface area contributed by atoms with E-state index in [1.165, 1.54) is 31.7 Å². The number of para-hydroxylation sites is 1. The minimum absolute atomic E-state index is 0.0621. The number of rotatable bonds is 10. The van der Waals surface area contributed by atoms with Crippen LogP contribution >= 0.6 is 0 Å². The number of amides is 1. The third-order valence-electron chi connectivity index (χ3n) is 7.92. The molecular weight excluding hydrogens is 607 g/mol. The van der Waals surface area contributed by atoms with Crippen molar-refractivity contribution in [1.29, 1.82) is 0 Å². The highest BCUT2D eigenvalue weighted by molar-refractivity contribution is 6.06. The summed E-state index contributed by atoms with van der Waals surface area (Å²) in [6.45, 7) is 4.16. The van der Waals surface area contributed by atoms with Crippen LogP contribution < -0.4 is 25.0 Å². The molecule has 0 bridgehead atoms. The van der Waals surface area contributed by atoms with Crippen LogP contribution in [0.3, 0.4) is 0 Å². The molecule has 0 radical (unpaired) electrons. The summed E-state index contributed by atoms with van der Waals surface area (Å²) in [5.74, 6) is -0.745. The number of pyridine rings is 3. The maximum absolute atomic E-state index is 15.4. The molecular formula is C35H31FN4O7. The first-order chi connectivity index (χ1) is 22.7. The molecule has 12 heteroatoms. The van der Waals surface area contributed by atoms with Crippen LogP contribution in [-0.4, -0.2) is 47.9 Å². The number of benzene rings is 2. The van der Waals surface area contributed by atoms with Gasteiger partial charge in [-0.3, -0.25) is 14.6 Å². The highest BCUT2D eigenvalue weighted by Gasteiger charge is 2.24. The molecule has 1 N–H and O–H groups in total. The van der Waals surface area contributed by atoms with Gasteiger partial charge in [-0.05, 0) is 32.0 Å². The maximum atomic E-state index is 15.4. The van der Waals surface area contributed by atoms with E-state index in [0.29, 0.717) is 51.5 Å². The minimum Gasteiger partial charge on any atom is -0.485 e. The predicted octanol–water partition coefficient (Wildman–Crippen LogP) is 6.58. The Morgan fingerprint density at radius 3 is 2.57 bits per heavy atom. The van der Waals surface area contributed by atoms with Crippen LogP contribution in [0.2, 0.25) is 0 Å². The Balaban J connectivity index is 1.28. The number of carbonyl (C=O) groups excluding carboxylic acids is 1. The Bertz CT molecular complexity index is 2210. The van der Waals surface area contributed by atoms with Gasteiger partial charge in [0.1, 0.15) is 23.3 Å². The van der Waals surface area contributed by atoms with Gasteiger partial charge in [-0.2, -0.15) is 0 Å². The molecule has 0 atom stereocenters. The average Bonchev–Trinajstić information content (AvgIpc) is 3.48. The smallest absolute Gasteiger partial charge is 0.261 e. The largest absolute Gasteiger partial charge is 0.485 e. The number of carbonyl (C=O) groups is 1. The maximum Gasteiger partial charge on any atom is 0.261 e. The van der Waals surface area contributed by atoms with Crippen LogP contribution in [-0.2, 0) is 11.8 Å². The van der Waals surface area contributed by atoms with Crippen molar-refractivity contribution in [3.8, 4) is 34.3 Å². The van der Waals surface area contributed by atoms with Gasteiger partial charge in [0.15, 0.2) is 23.1 Å². The zero-order chi connectivity index (χ0) is 33.2. The Kier molecular flexibility index (Phi) is 8.59. The molecule has 0 aliphatic carbocycles. The number of methoxy groups -OCH3 is 2. The van der Waals surface area contributed by atoms with E-state index in [1.54, 1.807) is 37.8 Å². The van der Waals surface area contributed by atoms with Gasteiger partial charge in [0.25, 0.3) is 11.8 Å². The Morgan fingerprint density at radius 1 is 1.00 bits per heavy atom. The number of hydrogen-bond donors (Lipinski definition) is 1.